The van der Waals surface area contributed by atoms with E-state index in [0.717, 1.165) is 13.1 Å². The highest BCUT2D eigenvalue weighted by molar-refractivity contribution is 5.55. The fraction of sp³-hybridized carbons (Fsp3) is 0.600. The predicted octanol–water partition coefficient (Wildman–Crippen LogP) is 3.00. The van der Waals surface area contributed by atoms with E-state index in [1.807, 2.05) is 0 Å². The molecule has 0 aliphatic carbocycles. The van der Waals surface area contributed by atoms with E-state index >= 15 is 0 Å². The highest BCUT2D eigenvalue weighted by atomic mass is 15.1. The standard InChI is InChI=1S/C15H24N2/c1-13(2)14-7-3-4-8-15(14)17-11-5-9-16-10-6-12-17/h3-4,7-8,13,16H,5-6,9-12H2,1-2H3. The molecule has 94 valence electrons. The Morgan fingerprint density at radius 2 is 1.71 bits per heavy atom. The molecule has 0 bridgehead atoms. The van der Waals surface area contributed by atoms with Crippen molar-refractivity contribution in [2.45, 2.75) is 32.6 Å². The van der Waals surface area contributed by atoms with Gasteiger partial charge >= 0.3 is 0 Å². The molecular formula is C15H24N2. The molecule has 17 heavy (non-hydrogen) atoms. The largest absolute Gasteiger partial charge is 0.371 e. The van der Waals surface area contributed by atoms with Crippen LogP contribution in [0.1, 0.15) is 38.2 Å². The lowest BCUT2D eigenvalue weighted by molar-refractivity contribution is 0.566. The van der Waals surface area contributed by atoms with Gasteiger partial charge in [-0.2, -0.15) is 0 Å². The van der Waals surface area contributed by atoms with Crippen LogP contribution in [0.4, 0.5) is 5.69 Å². The molecule has 1 heterocycles. The summed E-state index contributed by atoms with van der Waals surface area (Å²) in [5.74, 6) is 0.606. The molecule has 0 radical (unpaired) electrons. The van der Waals surface area contributed by atoms with E-state index in [1.54, 1.807) is 0 Å². The monoisotopic (exact) mass is 232 g/mol. The minimum Gasteiger partial charge on any atom is -0.371 e. The Morgan fingerprint density at radius 1 is 1.06 bits per heavy atom. The predicted molar refractivity (Wildman–Crippen MR) is 74.8 cm³/mol. The summed E-state index contributed by atoms with van der Waals surface area (Å²) in [6.45, 7) is 9.23. The topological polar surface area (TPSA) is 15.3 Å². The van der Waals surface area contributed by atoms with Crippen molar-refractivity contribution < 1.29 is 0 Å². The summed E-state index contributed by atoms with van der Waals surface area (Å²) >= 11 is 0. The molecule has 2 nitrogen and oxygen atoms in total. The van der Waals surface area contributed by atoms with Crippen molar-refractivity contribution in [3.05, 3.63) is 29.8 Å². The minimum atomic E-state index is 0.606. The summed E-state index contributed by atoms with van der Waals surface area (Å²) in [6.07, 6.45) is 2.48. The Hall–Kier alpha value is -1.02. The van der Waals surface area contributed by atoms with Crippen LogP contribution in [0.3, 0.4) is 0 Å². The molecule has 0 amide bonds. The molecule has 2 heteroatoms. The van der Waals surface area contributed by atoms with E-state index in [0.29, 0.717) is 5.92 Å². The molecule has 2 rings (SSSR count). The summed E-state index contributed by atoms with van der Waals surface area (Å²) in [5, 5.41) is 3.47. The van der Waals surface area contributed by atoms with Crippen LogP contribution in [0.5, 0.6) is 0 Å². The van der Waals surface area contributed by atoms with Crippen molar-refractivity contribution in [1.82, 2.24) is 5.32 Å². The molecule has 0 saturated carbocycles. The molecular weight excluding hydrogens is 208 g/mol. The second-order valence-electron chi connectivity index (χ2n) is 5.16. The zero-order chi connectivity index (χ0) is 12.1. The van der Waals surface area contributed by atoms with E-state index in [2.05, 4.69) is 48.3 Å². The van der Waals surface area contributed by atoms with Gasteiger partial charge in [0, 0.05) is 18.8 Å². The molecule has 1 aliphatic heterocycles. The summed E-state index contributed by atoms with van der Waals surface area (Å²) in [4.78, 5) is 2.57. The van der Waals surface area contributed by atoms with Gasteiger partial charge in [-0.1, -0.05) is 32.0 Å². The van der Waals surface area contributed by atoms with Gasteiger partial charge in [-0.3, -0.25) is 0 Å². The lowest BCUT2D eigenvalue weighted by Gasteiger charge is -2.30. The zero-order valence-electron chi connectivity index (χ0n) is 11.1. The van der Waals surface area contributed by atoms with Crippen molar-refractivity contribution in [3.8, 4) is 0 Å². The number of rotatable bonds is 2. The summed E-state index contributed by atoms with van der Waals surface area (Å²) in [6, 6.07) is 8.88. The molecule has 1 fully saturated rings. The summed E-state index contributed by atoms with van der Waals surface area (Å²) in [5.41, 5.74) is 2.94. The van der Waals surface area contributed by atoms with Crippen LogP contribution >= 0.6 is 0 Å². The van der Waals surface area contributed by atoms with Gasteiger partial charge in [0.2, 0.25) is 0 Å². The summed E-state index contributed by atoms with van der Waals surface area (Å²) in [7, 11) is 0. The molecule has 1 aromatic rings. The fourth-order valence-corrected chi connectivity index (χ4v) is 2.53. The Labute approximate surface area is 105 Å². The van der Waals surface area contributed by atoms with Crippen molar-refractivity contribution in [1.29, 1.82) is 0 Å². The van der Waals surface area contributed by atoms with Gasteiger partial charge in [0.25, 0.3) is 0 Å². The molecule has 0 aromatic heterocycles. The Balaban J connectivity index is 2.18. The van der Waals surface area contributed by atoms with Crippen LogP contribution in [0, 0.1) is 0 Å². The maximum Gasteiger partial charge on any atom is 0.0401 e. The lowest BCUT2D eigenvalue weighted by atomic mass is 10.00. The highest BCUT2D eigenvalue weighted by Gasteiger charge is 2.13. The average Bonchev–Trinajstić information content (AvgIpc) is 2.28. The van der Waals surface area contributed by atoms with Gasteiger partial charge in [-0.05, 0) is 43.5 Å². The van der Waals surface area contributed by atoms with Gasteiger partial charge < -0.3 is 10.2 Å². The molecule has 0 unspecified atom stereocenters. The quantitative estimate of drug-likeness (QED) is 0.843. The van der Waals surface area contributed by atoms with Crippen LogP contribution < -0.4 is 10.2 Å². The molecule has 0 atom stereocenters. The van der Waals surface area contributed by atoms with E-state index in [9.17, 15) is 0 Å². The van der Waals surface area contributed by atoms with Crippen LogP contribution in [-0.4, -0.2) is 26.2 Å². The Bertz CT molecular complexity index is 339. The van der Waals surface area contributed by atoms with E-state index < -0.39 is 0 Å². The first kappa shape index (κ1) is 12.4. The van der Waals surface area contributed by atoms with Gasteiger partial charge in [-0.15, -0.1) is 0 Å². The number of anilines is 1. The number of hydrogen-bond acceptors (Lipinski definition) is 2. The second-order valence-corrected chi connectivity index (χ2v) is 5.16. The van der Waals surface area contributed by atoms with E-state index in [-0.39, 0.29) is 0 Å². The van der Waals surface area contributed by atoms with E-state index in [4.69, 9.17) is 0 Å². The molecule has 0 spiro atoms. The number of hydrogen-bond donors (Lipinski definition) is 1. The van der Waals surface area contributed by atoms with Gasteiger partial charge in [0.1, 0.15) is 0 Å². The first-order chi connectivity index (χ1) is 8.29. The van der Waals surface area contributed by atoms with Crippen molar-refractivity contribution in [3.63, 3.8) is 0 Å². The Morgan fingerprint density at radius 3 is 2.35 bits per heavy atom. The summed E-state index contributed by atoms with van der Waals surface area (Å²) < 4.78 is 0. The van der Waals surface area contributed by atoms with Crippen molar-refractivity contribution in [2.24, 2.45) is 0 Å². The van der Waals surface area contributed by atoms with Crippen molar-refractivity contribution >= 4 is 5.69 Å². The molecule has 1 aromatic carbocycles. The van der Waals surface area contributed by atoms with Crippen molar-refractivity contribution in [2.75, 3.05) is 31.1 Å². The molecule has 1 saturated heterocycles. The Kier molecular flexibility index (Phi) is 4.43. The van der Waals surface area contributed by atoms with Crippen LogP contribution in [0.15, 0.2) is 24.3 Å². The first-order valence-electron chi connectivity index (χ1n) is 6.83. The van der Waals surface area contributed by atoms with Gasteiger partial charge in [0.05, 0.1) is 0 Å². The second kappa shape index (κ2) is 6.06. The minimum absolute atomic E-state index is 0.606. The third-order valence-corrected chi connectivity index (χ3v) is 3.46. The smallest absolute Gasteiger partial charge is 0.0401 e. The number of para-hydroxylation sites is 1. The maximum atomic E-state index is 3.47. The fourth-order valence-electron chi connectivity index (χ4n) is 2.53. The third-order valence-electron chi connectivity index (χ3n) is 3.46. The van der Waals surface area contributed by atoms with Crippen LogP contribution in [0.25, 0.3) is 0 Å². The highest BCUT2D eigenvalue weighted by Crippen LogP contribution is 2.27. The average molecular weight is 232 g/mol. The zero-order valence-corrected chi connectivity index (χ0v) is 11.1. The maximum absolute atomic E-state index is 3.47. The van der Waals surface area contributed by atoms with Crippen LogP contribution in [0.2, 0.25) is 0 Å². The number of benzene rings is 1. The number of nitrogens with one attached hydrogen (secondary N) is 1. The van der Waals surface area contributed by atoms with Gasteiger partial charge in [-0.25, -0.2) is 0 Å². The molecule has 1 aliphatic rings. The normalized spacial score (nSPS) is 17.9. The SMILES string of the molecule is CC(C)c1ccccc1N1CCCNCCC1. The number of nitrogens with zero attached hydrogens (tertiary/aromatic N) is 1. The van der Waals surface area contributed by atoms with E-state index in [1.165, 1.54) is 37.2 Å². The first-order valence-corrected chi connectivity index (χ1v) is 6.83. The lowest BCUT2D eigenvalue weighted by Crippen LogP contribution is -2.34. The van der Waals surface area contributed by atoms with Gasteiger partial charge in [0.15, 0.2) is 0 Å². The molecule has 1 N–H and O–H groups in total. The third kappa shape index (κ3) is 3.22. The van der Waals surface area contributed by atoms with Crippen LogP contribution in [-0.2, 0) is 0 Å².